The summed E-state index contributed by atoms with van der Waals surface area (Å²) in [5.41, 5.74) is 1.13. The van der Waals surface area contributed by atoms with E-state index in [2.05, 4.69) is 32.2 Å². The van der Waals surface area contributed by atoms with Gasteiger partial charge in [-0.05, 0) is 41.9 Å². The van der Waals surface area contributed by atoms with Gasteiger partial charge in [-0.15, -0.1) is 0 Å². The maximum Gasteiger partial charge on any atom is 0.0593 e. The molecule has 21 heavy (non-hydrogen) atoms. The largest absolute Gasteiger partial charge is 0.383 e. The zero-order chi connectivity index (χ0) is 15.3. The first-order valence-electron chi connectivity index (χ1n) is 7.64. The molecule has 1 rings (SSSR count). The molecule has 0 aromatic heterocycles. The lowest BCUT2D eigenvalue weighted by molar-refractivity contribution is 0.0846. The van der Waals surface area contributed by atoms with Crippen LogP contribution in [-0.4, -0.2) is 57.5 Å². The summed E-state index contributed by atoms with van der Waals surface area (Å²) in [6, 6.07) is 8.18. The van der Waals surface area contributed by atoms with Crippen LogP contribution >= 0.6 is 15.9 Å². The van der Waals surface area contributed by atoms with Crippen LogP contribution in [-0.2, 0) is 9.47 Å². The Hall–Kier alpha value is -0.620. The molecule has 0 heterocycles. The Balaban J connectivity index is 2.31. The molecular formula is C16H27BrN2O2. The standard InChI is InChI=1S/C16H27BrN2O2/c1-3-20-13-11-19(12-14-21-4-2)10-9-18-16-8-6-5-7-15(16)17/h5-8,18H,3-4,9-14H2,1-2H3. The first-order chi connectivity index (χ1) is 10.3. The highest BCUT2D eigenvalue weighted by atomic mass is 79.9. The molecule has 0 fully saturated rings. The molecule has 0 radical (unpaired) electrons. The third-order valence-electron chi connectivity index (χ3n) is 3.13. The van der Waals surface area contributed by atoms with Crippen molar-refractivity contribution in [3.63, 3.8) is 0 Å². The molecule has 1 aromatic carbocycles. The third-order valence-corrected chi connectivity index (χ3v) is 3.82. The van der Waals surface area contributed by atoms with Gasteiger partial charge in [0.2, 0.25) is 0 Å². The number of rotatable bonds is 12. The molecule has 5 heteroatoms. The summed E-state index contributed by atoms with van der Waals surface area (Å²) in [5, 5.41) is 3.45. The van der Waals surface area contributed by atoms with E-state index in [0.717, 1.165) is 62.8 Å². The van der Waals surface area contributed by atoms with Gasteiger partial charge < -0.3 is 14.8 Å². The Labute approximate surface area is 136 Å². The van der Waals surface area contributed by atoms with E-state index in [4.69, 9.17) is 9.47 Å². The Kier molecular flexibility index (Phi) is 10.5. The SMILES string of the molecule is CCOCCN(CCNc1ccccc1Br)CCOCC. The summed E-state index contributed by atoms with van der Waals surface area (Å²) < 4.78 is 12.0. The van der Waals surface area contributed by atoms with E-state index in [1.165, 1.54) is 0 Å². The van der Waals surface area contributed by atoms with Crippen molar-refractivity contribution in [3.05, 3.63) is 28.7 Å². The maximum absolute atomic E-state index is 5.44. The summed E-state index contributed by atoms with van der Waals surface area (Å²) in [5.74, 6) is 0. The van der Waals surface area contributed by atoms with Crippen LogP contribution in [0.15, 0.2) is 28.7 Å². The second-order valence-electron chi connectivity index (χ2n) is 4.64. The smallest absolute Gasteiger partial charge is 0.0593 e. The van der Waals surface area contributed by atoms with Crippen molar-refractivity contribution in [2.45, 2.75) is 13.8 Å². The van der Waals surface area contributed by atoms with Gasteiger partial charge in [0, 0.05) is 49.6 Å². The third kappa shape index (κ3) is 8.41. The van der Waals surface area contributed by atoms with E-state index in [9.17, 15) is 0 Å². The number of para-hydroxylation sites is 1. The van der Waals surface area contributed by atoms with Gasteiger partial charge in [0.05, 0.1) is 13.2 Å². The maximum atomic E-state index is 5.44. The lowest BCUT2D eigenvalue weighted by atomic mass is 10.3. The quantitative estimate of drug-likeness (QED) is 0.581. The van der Waals surface area contributed by atoms with Gasteiger partial charge in [-0.2, -0.15) is 0 Å². The number of hydrogen-bond donors (Lipinski definition) is 1. The van der Waals surface area contributed by atoms with E-state index in [1.54, 1.807) is 0 Å². The number of halogens is 1. The molecule has 0 aliphatic rings. The second kappa shape index (κ2) is 12.0. The van der Waals surface area contributed by atoms with Crippen LogP contribution in [0.2, 0.25) is 0 Å². The molecular weight excluding hydrogens is 332 g/mol. The molecule has 1 aromatic rings. The number of benzene rings is 1. The minimum absolute atomic E-state index is 0.772. The fourth-order valence-corrected chi connectivity index (χ4v) is 2.39. The highest BCUT2D eigenvalue weighted by Crippen LogP contribution is 2.20. The van der Waals surface area contributed by atoms with E-state index >= 15 is 0 Å². The normalized spacial score (nSPS) is 11.0. The summed E-state index contributed by atoms with van der Waals surface area (Å²) in [4.78, 5) is 2.37. The minimum atomic E-state index is 0.772. The molecule has 0 saturated heterocycles. The van der Waals surface area contributed by atoms with Crippen LogP contribution in [0, 0.1) is 0 Å². The Bertz CT molecular complexity index is 367. The zero-order valence-electron chi connectivity index (χ0n) is 13.1. The van der Waals surface area contributed by atoms with E-state index in [0.29, 0.717) is 0 Å². The fraction of sp³-hybridized carbons (Fsp3) is 0.625. The van der Waals surface area contributed by atoms with Crippen molar-refractivity contribution in [2.75, 3.05) is 57.9 Å². The Morgan fingerprint density at radius 1 is 1.00 bits per heavy atom. The Morgan fingerprint density at radius 2 is 1.62 bits per heavy atom. The van der Waals surface area contributed by atoms with E-state index < -0.39 is 0 Å². The summed E-state index contributed by atoms with van der Waals surface area (Å²) in [6.07, 6.45) is 0. The number of anilines is 1. The van der Waals surface area contributed by atoms with E-state index in [-0.39, 0.29) is 0 Å². The van der Waals surface area contributed by atoms with Crippen LogP contribution in [0.5, 0.6) is 0 Å². The van der Waals surface area contributed by atoms with Crippen molar-refractivity contribution in [1.29, 1.82) is 0 Å². The van der Waals surface area contributed by atoms with Gasteiger partial charge in [-0.25, -0.2) is 0 Å². The summed E-state index contributed by atoms with van der Waals surface area (Å²) >= 11 is 3.55. The van der Waals surface area contributed by atoms with Crippen molar-refractivity contribution in [2.24, 2.45) is 0 Å². The molecule has 0 amide bonds. The van der Waals surface area contributed by atoms with Crippen LogP contribution in [0.25, 0.3) is 0 Å². The average molecular weight is 359 g/mol. The van der Waals surface area contributed by atoms with Gasteiger partial charge >= 0.3 is 0 Å². The molecule has 0 spiro atoms. The number of nitrogens with zero attached hydrogens (tertiary/aromatic N) is 1. The molecule has 0 aliphatic carbocycles. The first-order valence-corrected chi connectivity index (χ1v) is 8.43. The predicted molar refractivity (Wildman–Crippen MR) is 92.1 cm³/mol. The molecule has 4 nitrogen and oxygen atoms in total. The highest BCUT2D eigenvalue weighted by molar-refractivity contribution is 9.10. The molecule has 0 atom stereocenters. The summed E-state index contributed by atoms with van der Waals surface area (Å²) in [6.45, 7) is 10.9. The molecule has 1 N–H and O–H groups in total. The second-order valence-corrected chi connectivity index (χ2v) is 5.50. The van der Waals surface area contributed by atoms with Crippen LogP contribution in [0.1, 0.15) is 13.8 Å². The topological polar surface area (TPSA) is 33.7 Å². The van der Waals surface area contributed by atoms with Gasteiger partial charge in [-0.1, -0.05) is 12.1 Å². The fourth-order valence-electron chi connectivity index (χ4n) is 1.96. The van der Waals surface area contributed by atoms with Crippen molar-refractivity contribution in [1.82, 2.24) is 4.90 Å². The van der Waals surface area contributed by atoms with Gasteiger partial charge in [0.25, 0.3) is 0 Å². The van der Waals surface area contributed by atoms with Crippen molar-refractivity contribution < 1.29 is 9.47 Å². The number of hydrogen-bond acceptors (Lipinski definition) is 4. The van der Waals surface area contributed by atoms with Gasteiger partial charge in [-0.3, -0.25) is 4.90 Å². The highest BCUT2D eigenvalue weighted by Gasteiger charge is 2.05. The Morgan fingerprint density at radius 3 is 2.19 bits per heavy atom. The molecule has 0 aliphatic heterocycles. The molecule has 0 saturated carbocycles. The minimum Gasteiger partial charge on any atom is -0.383 e. The van der Waals surface area contributed by atoms with E-state index in [1.807, 2.05) is 32.0 Å². The predicted octanol–water partition coefficient (Wildman–Crippen LogP) is 3.24. The molecule has 0 bridgehead atoms. The summed E-state index contributed by atoms with van der Waals surface area (Å²) in [7, 11) is 0. The monoisotopic (exact) mass is 358 g/mol. The van der Waals surface area contributed by atoms with Crippen LogP contribution < -0.4 is 5.32 Å². The van der Waals surface area contributed by atoms with Gasteiger partial charge in [0.15, 0.2) is 0 Å². The lowest BCUT2D eigenvalue weighted by Gasteiger charge is -2.22. The zero-order valence-corrected chi connectivity index (χ0v) is 14.7. The average Bonchev–Trinajstić information content (AvgIpc) is 2.49. The number of nitrogens with one attached hydrogen (secondary N) is 1. The number of ether oxygens (including phenoxy) is 2. The lowest BCUT2D eigenvalue weighted by Crippen LogP contribution is -2.35. The van der Waals surface area contributed by atoms with Crippen molar-refractivity contribution in [3.8, 4) is 0 Å². The van der Waals surface area contributed by atoms with Crippen molar-refractivity contribution >= 4 is 21.6 Å². The van der Waals surface area contributed by atoms with Crippen LogP contribution in [0.3, 0.4) is 0 Å². The van der Waals surface area contributed by atoms with Gasteiger partial charge in [0.1, 0.15) is 0 Å². The molecule has 120 valence electrons. The molecule has 0 unspecified atom stereocenters. The first kappa shape index (κ1) is 18.4. The van der Waals surface area contributed by atoms with Crippen LogP contribution in [0.4, 0.5) is 5.69 Å².